The first-order chi connectivity index (χ1) is 11.9. The molecule has 0 saturated carbocycles. The zero-order chi connectivity index (χ0) is 16.5. The molecule has 3 heteroatoms. The standard InChI is InChI=1S/C21H34N2O/c1-3-13-22(14-4-1)17-7-19-24-21-10-8-20(9-11-21)12-18-23-15-5-2-6-16-23/h8-11H,1-7,12-19H2. The van der Waals surface area contributed by atoms with E-state index in [-0.39, 0.29) is 0 Å². The van der Waals surface area contributed by atoms with Crippen LogP contribution in [0, 0.1) is 0 Å². The predicted molar refractivity (Wildman–Crippen MR) is 101 cm³/mol. The van der Waals surface area contributed by atoms with Crippen molar-refractivity contribution in [2.75, 3.05) is 45.9 Å². The summed E-state index contributed by atoms with van der Waals surface area (Å²) in [4.78, 5) is 5.19. The van der Waals surface area contributed by atoms with Gasteiger partial charge in [-0.3, -0.25) is 0 Å². The van der Waals surface area contributed by atoms with Crippen LogP contribution in [0.5, 0.6) is 5.75 Å². The van der Waals surface area contributed by atoms with Crippen molar-refractivity contribution in [2.45, 2.75) is 51.4 Å². The molecule has 0 unspecified atom stereocenters. The monoisotopic (exact) mass is 330 g/mol. The van der Waals surface area contributed by atoms with E-state index in [1.54, 1.807) is 0 Å². The average Bonchev–Trinajstić information content (AvgIpc) is 2.66. The molecule has 0 N–H and O–H groups in total. The number of hydrogen-bond acceptors (Lipinski definition) is 3. The maximum atomic E-state index is 5.91. The van der Waals surface area contributed by atoms with E-state index in [1.165, 1.54) is 83.4 Å². The van der Waals surface area contributed by atoms with Gasteiger partial charge in [0.1, 0.15) is 5.75 Å². The van der Waals surface area contributed by atoms with Crippen LogP contribution < -0.4 is 4.74 Å². The molecule has 3 rings (SSSR count). The van der Waals surface area contributed by atoms with E-state index in [2.05, 4.69) is 34.1 Å². The molecule has 24 heavy (non-hydrogen) atoms. The SMILES string of the molecule is c1cc(OCCCN2CCCCC2)ccc1CCN1CCCCC1. The van der Waals surface area contributed by atoms with Gasteiger partial charge in [-0.05, 0) is 82.4 Å². The highest BCUT2D eigenvalue weighted by Crippen LogP contribution is 2.15. The normalized spacial score (nSPS) is 20.2. The lowest BCUT2D eigenvalue weighted by atomic mass is 10.1. The minimum atomic E-state index is 0.837. The summed E-state index contributed by atoms with van der Waals surface area (Å²) in [5.41, 5.74) is 1.43. The third-order valence-corrected chi connectivity index (χ3v) is 5.42. The molecule has 2 aliphatic rings. The number of nitrogens with zero attached hydrogens (tertiary/aromatic N) is 2. The maximum Gasteiger partial charge on any atom is 0.119 e. The number of rotatable bonds is 8. The molecule has 3 nitrogen and oxygen atoms in total. The first kappa shape index (κ1) is 17.8. The molecule has 0 aliphatic carbocycles. The van der Waals surface area contributed by atoms with E-state index < -0.39 is 0 Å². The molecular weight excluding hydrogens is 296 g/mol. The van der Waals surface area contributed by atoms with Crippen LogP contribution in [0.2, 0.25) is 0 Å². The van der Waals surface area contributed by atoms with Gasteiger partial charge in [-0.1, -0.05) is 25.0 Å². The molecule has 1 aromatic carbocycles. The van der Waals surface area contributed by atoms with Crippen LogP contribution in [-0.4, -0.2) is 55.7 Å². The molecule has 0 atom stereocenters. The third kappa shape index (κ3) is 6.10. The molecule has 0 spiro atoms. The van der Waals surface area contributed by atoms with E-state index in [0.29, 0.717) is 0 Å². The summed E-state index contributed by atoms with van der Waals surface area (Å²) in [6.07, 6.45) is 10.6. The highest BCUT2D eigenvalue weighted by molar-refractivity contribution is 5.27. The molecule has 0 bridgehead atoms. The molecule has 134 valence electrons. The molecule has 2 aliphatic heterocycles. The lowest BCUT2D eigenvalue weighted by molar-refractivity contribution is 0.205. The third-order valence-electron chi connectivity index (χ3n) is 5.42. The molecule has 2 heterocycles. The smallest absolute Gasteiger partial charge is 0.119 e. The van der Waals surface area contributed by atoms with Gasteiger partial charge in [-0.2, -0.15) is 0 Å². The largest absolute Gasteiger partial charge is 0.494 e. The summed E-state index contributed by atoms with van der Waals surface area (Å²) in [5, 5.41) is 0. The zero-order valence-electron chi connectivity index (χ0n) is 15.2. The molecule has 2 fully saturated rings. The molecule has 1 aromatic rings. The van der Waals surface area contributed by atoms with Gasteiger partial charge in [0.2, 0.25) is 0 Å². The van der Waals surface area contributed by atoms with Crippen molar-refractivity contribution in [2.24, 2.45) is 0 Å². The second-order valence-corrected chi connectivity index (χ2v) is 7.40. The lowest BCUT2D eigenvalue weighted by Gasteiger charge is -2.26. The summed E-state index contributed by atoms with van der Waals surface area (Å²) in [5.74, 6) is 1.02. The Kier molecular flexibility index (Phi) is 7.43. The van der Waals surface area contributed by atoms with Crippen molar-refractivity contribution in [3.8, 4) is 5.75 Å². The lowest BCUT2D eigenvalue weighted by Crippen LogP contribution is -2.31. The fourth-order valence-electron chi connectivity index (χ4n) is 3.88. The van der Waals surface area contributed by atoms with Crippen LogP contribution in [0.3, 0.4) is 0 Å². The number of piperidine rings is 2. The fourth-order valence-corrected chi connectivity index (χ4v) is 3.88. The Balaban J connectivity index is 1.30. The first-order valence-electron chi connectivity index (χ1n) is 10.1. The van der Waals surface area contributed by atoms with Gasteiger partial charge in [-0.15, -0.1) is 0 Å². The Morgan fingerprint density at radius 3 is 1.92 bits per heavy atom. The Labute approximate surface area is 148 Å². The first-order valence-corrected chi connectivity index (χ1v) is 10.1. The summed E-state index contributed by atoms with van der Waals surface area (Å²) >= 11 is 0. The van der Waals surface area contributed by atoms with Crippen molar-refractivity contribution in [3.63, 3.8) is 0 Å². The number of ether oxygens (including phenoxy) is 1. The van der Waals surface area contributed by atoms with E-state index in [1.807, 2.05) is 0 Å². The Morgan fingerprint density at radius 2 is 1.29 bits per heavy atom. The van der Waals surface area contributed by atoms with Gasteiger partial charge >= 0.3 is 0 Å². The fraction of sp³-hybridized carbons (Fsp3) is 0.714. The van der Waals surface area contributed by atoms with Crippen molar-refractivity contribution in [1.82, 2.24) is 9.80 Å². The maximum absolute atomic E-state index is 5.91. The van der Waals surface area contributed by atoms with Crippen LogP contribution in [0.4, 0.5) is 0 Å². The van der Waals surface area contributed by atoms with Crippen LogP contribution in [0.15, 0.2) is 24.3 Å². The van der Waals surface area contributed by atoms with Crippen LogP contribution >= 0.6 is 0 Å². The minimum Gasteiger partial charge on any atom is -0.494 e. The molecule has 0 aromatic heterocycles. The molecule has 0 amide bonds. The van der Waals surface area contributed by atoms with Crippen LogP contribution in [-0.2, 0) is 6.42 Å². The van der Waals surface area contributed by atoms with Gasteiger partial charge in [-0.25, -0.2) is 0 Å². The average molecular weight is 331 g/mol. The Bertz CT molecular complexity index is 447. The van der Waals surface area contributed by atoms with Gasteiger partial charge in [0.05, 0.1) is 6.61 Å². The van der Waals surface area contributed by atoms with E-state index >= 15 is 0 Å². The topological polar surface area (TPSA) is 15.7 Å². The quantitative estimate of drug-likeness (QED) is 0.671. The molecular formula is C21H34N2O. The second-order valence-electron chi connectivity index (χ2n) is 7.40. The van der Waals surface area contributed by atoms with Gasteiger partial charge < -0.3 is 14.5 Å². The second kappa shape index (κ2) is 10.0. The van der Waals surface area contributed by atoms with Gasteiger partial charge in [0, 0.05) is 13.1 Å². The van der Waals surface area contributed by atoms with Crippen molar-refractivity contribution in [1.29, 1.82) is 0 Å². The van der Waals surface area contributed by atoms with E-state index in [9.17, 15) is 0 Å². The van der Waals surface area contributed by atoms with Gasteiger partial charge in [0.15, 0.2) is 0 Å². The molecule has 0 radical (unpaired) electrons. The van der Waals surface area contributed by atoms with Crippen molar-refractivity contribution < 1.29 is 4.74 Å². The summed E-state index contributed by atoms with van der Waals surface area (Å²) in [7, 11) is 0. The van der Waals surface area contributed by atoms with Crippen LogP contribution in [0.25, 0.3) is 0 Å². The highest BCUT2D eigenvalue weighted by Gasteiger charge is 2.10. The van der Waals surface area contributed by atoms with E-state index in [0.717, 1.165) is 25.2 Å². The number of hydrogen-bond donors (Lipinski definition) is 0. The minimum absolute atomic E-state index is 0.837. The highest BCUT2D eigenvalue weighted by atomic mass is 16.5. The number of likely N-dealkylation sites (tertiary alicyclic amines) is 2. The zero-order valence-corrected chi connectivity index (χ0v) is 15.2. The summed E-state index contributed by atoms with van der Waals surface area (Å²) < 4.78 is 5.91. The Morgan fingerprint density at radius 1 is 0.708 bits per heavy atom. The predicted octanol–water partition coefficient (Wildman–Crippen LogP) is 3.97. The van der Waals surface area contributed by atoms with Crippen molar-refractivity contribution in [3.05, 3.63) is 29.8 Å². The van der Waals surface area contributed by atoms with E-state index in [4.69, 9.17) is 4.74 Å². The van der Waals surface area contributed by atoms with Gasteiger partial charge in [0.25, 0.3) is 0 Å². The van der Waals surface area contributed by atoms with Crippen molar-refractivity contribution >= 4 is 0 Å². The van der Waals surface area contributed by atoms with Crippen LogP contribution in [0.1, 0.15) is 50.5 Å². The summed E-state index contributed by atoms with van der Waals surface area (Å²) in [6, 6.07) is 8.77. The number of benzene rings is 1. The Hall–Kier alpha value is -1.06. The molecule has 2 saturated heterocycles. The summed E-state index contributed by atoms with van der Waals surface area (Å²) in [6.45, 7) is 8.38.